The summed E-state index contributed by atoms with van der Waals surface area (Å²) >= 11 is 0. The molecule has 0 aliphatic rings. The van der Waals surface area contributed by atoms with Crippen molar-refractivity contribution in [2.45, 2.75) is 33.6 Å². The fourth-order valence-electron chi connectivity index (χ4n) is 1.99. The van der Waals surface area contributed by atoms with Crippen LogP contribution in [-0.2, 0) is 29.3 Å². The molecule has 0 saturated heterocycles. The number of nitrogens with two attached hydrogens (primary N) is 1. The number of hydrogen-bond donors (Lipinski definition) is 1. The van der Waals surface area contributed by atoms with Crippen molar-refractivity contribution in [3.63, 3.8) is 0 Å². The number of primary amides is 1. The third-order valence-electron chi connectivity index (χ3n) is 3.43. The van der Waals surface area contributed by atoms with E-state index in [1.165, 1.54) is 0 Å². The van der Waals surface area contributed by atoms with Crippen LogP contribution in [0.2, 0.25) is 0 Å². The van der Waals surface area contributed by atoms with Crippen molar-refractivity contribution >= 4 is 5.91 Å². The van der Waals surface area contributed by atoms with Gasteiger partial charge in [-0.25, -0.2) is 4.98 Å². The first-order valence-electron chi connectivity index (χ1n) is 6.89. The van der Waals surface area contributed by atoms with E-state index in [1.807, 2.05) is 48.7 Å². The van der Waals surface area contributed by atoms with E-state index in [2.05, 4.69) is 4.98 Å². The summed E-state index contributed by atoms with van der Waals surface area (Å²) in [5.41, 5.74) is 6.87. The third kappa shape index (κ3) is 4.16. The first-order chi connectivity index (χ1) is 9.99. The standard InChI is InChI=1S/C16H21N3O2/c1-16(2,15(17)20)8-14-9-18-11-19(14)12-21-10-13-6-4-3-5-7-13/h3-7,9,11H,8,10,12H2,1-2H3,(H2,17,20). The lowest BCUT2D eigenvalue weighted by molar-refractivity contribution is -0.126. The Balaban J connectivity index is 1.93. The van der Waals surface area contributed by atoms with Gasteiger partial charge in [-0.2, -0.15) is 0 Å². The van der Waals surface area contributed by atoms with Gasteiger partial charge in [-0.3, -0.25) is 4.79 Å². The van der Waals surface area contributed by atoms with Crippen molar-refractivity contribution in [2.24, 2.45) is 11.1 Å². The summed E-state index contributed by atoms with van der Waals surface area (Å²) in [6, 6.07) is 9.98. The van der Waals surface area contributed by atoms with E-state index in [0.29, 0.717) is 19.8 Å². The molecule has 0 spiro atoms. The molecule has 0 bridgehead atoms. The van der Waals surface area contributed by atoms with Crippen LogP contribution in [0.4, 0.5) is 0 Å². The first kappa shape index (κ1) is 15.3. The van der Waals surface area contributed by atoms with Crippen molar-refractivity contribution in [2.75, 3.05) is 0 Å². The van der Waals surface area contributed by atoms with Crippen LogP contribution in [0.25, 0.3) is 0 Å². The predicted octanol–water partition coefficient (Wildman–Crippen LogP) is 2.11. The van der Waals surface area contributed by atoms with Crippen LogP contribution in [0.1, 0.15) is 25.1 Å². The Hall–Kier alpha value is -2.14. The van der Waals surface area contributed by atoms with E-state index in [-0.39, 0.29) is 5.91 Å². The van der Waals surface area contributed by atoms with E-state index in [1.54, 1.807) is 12.5 Å². The Morgan fingerprint density at radius 1 is 1.33 bits per heavy atom. The van der Waals surface area contributed by atoms with Crippen LogP contribution in [0.5, 0.6) is 0 Å². The van der Waals surface area contributed by atoms with Gasteiger partial charge in [-0.15, -0.1) is 0 Å². The number of imidazole rings is 1. The lowest BCUT2D eigenvalue weighted by Gasteiger charge is -2.20. The molecule has 0 unspecified atom stereocenters. The van der Waals surface area contributed by atoms with Crippen LogP contribution in [0.15, 0.2) is 42.9 Å². The molecule has 2 rings (SSSR count). The summed E-state index contributed by atoms with van der Waals surface area (Å²) in [4.78, 5) is 15.5. The van der Waals surface area contributed by atoms with Crippen molar-refractivity contribution in [3.05, 3.63) is 54.1 Å². The lowest BCUT2D eigenvalue weighted by Crippen LogP contribution is -2.34. The van der Waals surface area contributed by atoms with Gasteiger partial charge >= 0.3 is 0 Å². The second kappa shape index (κ2) is 6.54. The molecule has 2 N–H and O–H groups in total. The number of amides is 1. The number of rotatable bonds is 7. The van der Waals surface area contributed by atoms with Gasteiger partial charge in [0.25, 0.3) is 0 Å². The first-order valence-corrected chi connectivity index (χ1v) is 6.89. The highest BCUT2D eigenvalue weighted by molar-refractivity contribution is 5.80. The summed E-state index contributed by atoms with van der Waals surface area (Å²) < 4.78 is 7.58. The summed E-state index contributed by atoms with van der Waals surface area (Å²) in [5, 5.41) is 0. The minimum Gasteiger partial charge on any atom is -0.369 e. The van der Waals surface area contributed by atoms with Crippen LogP contribution in [0.3, 0.4) is 0 Å². The number of aromatic nitrogens is 2. The summed E-state index contributed by atoms with van der Waals surface area (Å²) in [5.74, 6) is -0.319. The van der Waals surface area contributed by atoms with E-state index in [0.717, 1.165) is 11.3 Å². The summed E-state index contributed by atoms with van der Waals surface area (Å²) in [6.45, 7) is 4.60. The maximum atomic E-state index is 11.4. The third-order valence-corrected chi connectivity index (χ3v) is 3.43. The Bertz CT molecular complexity index is 591. The summed E-state index contributed by atoms with van der Waals surface area (Å²) in [6.07, 6.45) is 3.99. The topological polar surface area (TPSA) is 70.1 Å². The number of hydrogen-bond acceptors (Lipinski definition) is 3. The maximum Gasteiger partial charge on any atom is 0.223 e. The molecule has 112 valence electrons. The largest absolute Gasteiger partial charge is 0.369 e. The van der Waals surface area contributed by atoms with Gasteiger partial charge in [0, 0.05) is 23.7 Å². The number of carbonyl (C=O) groups is 1. The highest BCUT2D eigenvalue weighted by Gasteiger charge is 2.26. The Morgan fingerprint density at radius 2 is 2.05 bits per heavy atom. The molecule has 0 atom stereocenters. The molecule has 0 aliphatic carbocycles. The molecule has 5 nitrogen and oxygen atoms in total. The zero-order valence-electron chi connectivity index (χ0n) is 12.5. The molecule has 0 aliphatic heterocycles. The van der Waals surface area contributed by atoms with Crippen LogP contribution in [0, 0.1) is 5.41 Å². The average Bonchev–Trinajstić information content (AvgIpc) is 2.86. The van der Waals surface area contributed by atoms with Crippen LogP contribution >= 0.6 is 0 Å². The Labute approximate surface area is 124 Å². The van der Waals surface area contributed by atoms with Crippen molar-refractivity contribution < 1.29 is 9.53 Å². The number of carbonyl (C=O) groups excluding carboxylic acids is 1. The highest BCUT2D eigenvalue weighted by atomic mass is 16.5. The molecule has 1 amide bonds. The SMILES string of the molecule is CC(C)(Cc1cncn1COCc1ccccc1)C(N)=O. The van der Waals surface area contributed by atoms with Gasteiger partial charge in [0.2, 0.25) is 5.91 Å². The average molecular weight is 287 g/mol. The maximum absolute atomic E-state index is 11.4. The number of nitrogens with zero attached hydrogens (tertiary/aromatic N) is 2. The van der Waals surface area contributed by atoms with E-state index in [9.17, 15) is 4.79 Å². The van der Waals surface area contributed by atoms with Crippen LogP contribution < -0.4 is 5.73 Å². The molecule has 1 aromatic heterocycles. The molecular formula is C16H21N3O2. The zero-order valence-corrected chi connectivity index (χ0v) is 12.5. The summed E-state index contributed by atoms with van der Waals surface area (Å²) in [7, 11) is 0. The van der Waals surface area contributed by atoms with E-state index < -0.39 is 5.41 Å². The highest BCUT2D eigenvalue weighted by Crippen LogP contribution is 2.21. The minimum absolute atomic E-state index is 0.319. The normalized spacial score (nSPS) is 11.5. The lowest BCUT2D eigenvalue weighted by atomic mass is 9.87. The Morgan fingerprint density at radius 3 is 2.71 bits per heavy atom. The smallest absolute Gasteiger partial charge is 0.223 e. The number of ether oxygens (including phenoxy) is 1. The fraction of sp³-hybridized carbons (Fsp3) is 0.375. The molecule has 1 heterocycles. The van der Waals surface area contributed by atoms with E-state index in [4.69, 9.17) is 10.5 Å². The molecule has 0 fully saturated rings. The molecule has 21 heavy (non-hydrogen) atoms. The van der Waals surface area contributed by atoms with Crippen molar-refractivity contribution in [3.8, 4) is 0 Å². The molecule has 1 aromatic carbocycles. The van der Waals surface area contributed by atoms with Gasteiger partial charge in [0.1, 0.15) is 6.73 Å². The molecule has 0 radical (unpaired) electrons. The molecular weight excluding hydrogens is 266 g/mol. The molecule has 5 heteroatoms. The second-order valence-corrected chi connectivity index (χ2v) is 5.74. The predicted molar refractivity (Wildman–Crippen MR) is 80.1 cm³/mol. The monoisotopic (exact) mass is 287 g/mol. The van der Waals surface area contributed by atoms with Crippen molar-refractivity contribution in [1.29, 1.82) is 0 Å². The number of benzene rings is 1. The van der Waals surface area contributed by atoms with Gasteiger partial charge in [-0.05, 0) is 5.56 Å². The molecule has 2 aromatic rings. The molecule has 0 saturated carbocycles. The van der Waals surface area contributed by atoms with Gasteiger partial charge in [-0.1, -0.05) is 44.2 Å². The quantitative estimate of drug-likeness (QED) is 0.848. The van der Waals surface area contributed by atoms with Gasteiger partial charge < -0.3 is 15.0 Å². The minimum atomic E-state index is -0.600. The second-order valence-electron chi connectivity index (χ2n) is 5.74. The van der Waals surface area contributed by atoms with Gasteiger partial charge in [0.15, 0.2) is 0 Å². The zero-order chi connectivity index (χ0) is 15.3. The van der Waals surface area contributed by atoms with Crippen molar-refractivity contribution in [1.82, 2.24) is 9.55 Å². The van der Waals surface area contributed by atoms with Gasteiger partial charge in [0.05, 0.1) is 12.9 Å². The fourth-order valence-corrected chi connectivity index (χ4v) is 1.99. The van der Waals surface area contributed by atoms with Crippen LogP contribution in [-0.4, -0.2) is 15.5 Å². The van der Waals surface area contributed by atoms with E-state index >= 15 is 0 Å². The Kier molecular flexibility index (Phi) is 4.75.